The van der Waals surface area contributed by atoms with Gasteiger partial charge in [-0.05, 0) is 12.1 Å². The molecule has 0 spiro atoms. The van der Waals surface area contributed by atoms with Crippen molar-refractivity contribution >= 4 is 12.1 Å². The topological polar surface area (TPSA) is 97.1 Å². The van der Waals surface area contributed by atoms with Gasteiger partial charge in [-0.3, -0.25) is 4.79 Å². The van der Waals surface area contributed by atoms with Gasteiger partial charge in [0.25, 0.3) is 0 Å². The van der Waals surface area contributed by atoms with Gasteiger partial charge in [-0.1, -0.05) is 0 Å². The highest BCUT2D eigenvalue weighted by molar-refractivity contribution is 5.93. The van der Waals surface area contributed by atoms with E-state index in [0.29, 0.717) is 0 Å². The zero-order valence-corrected chi connectivity index (χ0v) is 9.26. The average molecular weight is 241 g/mol. The predicted octanol–water partition coefficient (Wildman–Crippen LogP) is 0.871. The lowest BCUT2D eigenvalue weighted by Crippen LogP contribution is -2.12. The van der Waals surface area contributed by atoms with E-state index in [2.05, 4.69) is 9.62 Å². The summed E-state index contributed by atoms with van der Waals surface area (Å²) in [4.78, 5) is 31.0. The molecule has 0 aliphatic carbocycles. The van der Waals surface area contributed by atoms with Gasteiger partial charge in [-0.25, -0.2) is 4.79 Å². The van der Waals surface area contributed by atoms with Gasteiger partial charge < -0.3 is 20.1 Å². The van der Waals surface area contributed by atoms with Gasteiger partial charge in [0.2, 0.25) is 11.7 Å². The summed E-state index contributed by atoms with van der Waals surface area (Å²) in [5.41, 5.74) is 5.28. The van der Waals surface area contributed by atoms with E-state index in [9.17, 15) is 9.59 Å². The van der Waals surface area contributed by atoms with Gasteiger partial charge in [0.15, 0.2) is 5.75 Å². The maximum absolute atomic E-state index is 10.9. The van der Waals surface area contributed by atoms with E-state index in [0.717, 1.165) is 7.11 Å². The first kappa shape index (κ1) is 12.8. The molecule has 0 saturated heterocycles. The number of benzene rings is 1. The molecule has 7 nitrogen and oxygen atoms in total. The molecule has 0 aliphatic heterocycles. The minimum absolute atomic E-state index is 0.0363. The lowest BCUT2D eigenvalue weighted by Gasteiger charge is -2.08. The fourth-order valence-electron chi connectivity index (χ4n) is 1.03. The maximum atomic E-state index is 10.9. The SMILES string of the molecule is COOc1cc(C(N)=O)ccc1OC(=O)OC. The smallest absolute Gasteiger partial charge is 0.437 e. The Labute approximate surface area is 96.9 Å². The Morgan fingerprint density at radius 3 is 2.41 bits per heavy atom. The van der Waals surface area contributed by atoms with E-state index in [1.807, 2.05) is 0 Å². The zero-order chi connectivity index (χ0) is 12.8. The molecule has 17 heavy (non-hydrogen) atoms. The number of nitrogens with two attached hydrogens (primary N) is 1. The average Bonchev–Trinajstić information content (AvgIpc) is 2.31. The number of methoxy groups -OCH3 is 1. The fourth-order valence-corrected chi connectivity index (χ4v) is 1.03. The normalized spacial score (nSPS) is 9.53. The molecule has 0 bridgehead atoms. The molecule has 1 aromatic carbocycles. The Kier molecular flexibility index (Phi) is 4.29. The molecular weight excluding hydrogens is 230 g/mol. The monoisotopic (exact) mass is 241 g/mol. The first-order valence-electron chi connectivity index (χ1n) is 4.48. The summed E-state index contributed by atoms with van der Waals surface area (Å²) in [5.74, 6) is -0.562. The van der Waals surface area contributed by atoms with Crippen LogP contribution in [0.2, 0.25) is 0 Å². The van der Waals surface area contributed by atoms with Crippen molar-refractivity contribution in [3.8, 4) is 11.5 Å². The third-order valence-corrected chi connectivity index (χ3v) is 1.76. The minimum Gasteiger partial charge on any atom is -0.437 e. The molecular formula is C10H11NO6. The van der Waals surface area contributed by atoms with Gasteiger partial charge in [0.05, 0.1) is 14.2 Å². The van der Waals surface area contributed by atoms with Gasteiger partial charge in [0, 0.05) is 11.6 Å². The highest BCUT2D eigenvalue weighted by atomic mass is 17.2. The molecule has 0 atom stereocenters. The van der Waals surface area contributed by atoms with Crippen LogP contribution >= 0.6 is 0 Å². The number of carbonyl (C=O) groups excluding carboxylic acids is 2. The number of ether oxygens (including phenoxy) is 2. The van der Waals surface area contributed by atoms with Crippen LogP contribution in [0.15, 0.2) is 18.2 Å². The molecule has 0 radical (unpaired) electrons. The molecule has 1 amide bonds. The molecule has 1 rings (SSSR count). The molecule has 92 valence electrons. The van der Waals surface area contributed by atoms with Crippen molar-refractivity contribution < 1.29 is 28.8 Å². The summed E-state index contributed by atoms with van der Waals surface area (Å²) in [6.45, 7) is 0. The summed E-state index contributed by atoms with van der Waals surface area (Å²) in [6, 6.07) is 4.00. The van der Waals surface area contributed by atoms with Crippen molar-refractivity contribution in [1.82, 2.24) is 0 Å². The van der Waals surface area contributed by atoms with E-state index in [4.69, 9.17) is 15.4 Å². The Balaban J connectivity index is 3.03. The van der Waals surface area contributed by atoms with E-state index >= 15 is 0 Å². The summed E-state index contributed by atoms with van der Waals surface area (Å²) in [7, 11) is 2.43. The second-order valence-electron chi connectivity index (χ2n) is 2.83. The second-order valence-corrected chi connectivity index (χ2v) is 2.83. The number of hydrogen-bond acceptors (Lipinski definition) is 6. The van der Waals surface area contributed by atoms with Crippen LogP contribution in [-0.4, -0.2) is 26.3 Å². The number of hydrogen-bond donors (Lipinski definition) is 1. The van der Waals surface area contributed by atoms with Crippen LogP contribution in [0.25, 0.3) is 0 Å². The van der Waals surface area contributed by atoms with Crippen LogP contribution in [0, 0.1) is 0 Å². The quantitative estimate of drug-likeness (QED) is 0.363. The third-order valence-electron chi connectivity index (χ3n) is 1.76. The molecule has 0 aliphatic rings. The second kappa shape index (κ2) is 5.71. The Hall–Kier alpha value is -2.28. The fraction of sp³-hybridized carbons (Fsp3) is 0.200. The van der Waals surface area contributed by atoms with E-state index in [1.54, 1.807) is 0 Å². The number of carbonyl (C=O) groups is 2. The number of rotatable bonds is 4. The molecule has 2 N–H and O–H groups in total. The number of amides is 1. The van der Waals surface area contributed by atoms with E-state index < -0.39 is 12.1 Å². The molecule has 1 aromatic rings. The zero-order valence-electron chi connectivity index (χ0n) is 9.26. The van der Waals surface area contributed by atoms with Crippen molar-refractivity contribution in [3.63, 3.8) is 0 Å². The lowest BCUT2D eigenvalue weighted by atomic mass is 10.2. The van der Waals surface area contributed by atoms with Crippen LogP contribution in [0.4, 0.5) is 4.79 Å². The third kappa shape index (κ3) is 3.35. The van der Waals surface area contributed by atoms with Crippen LogP contribution in [0.3, 0.4) is 0 Å². The lowest BCUT2D eigenvalue weighted by molar-refractivity contribution is -0.179. The van der Waals surface area contributed by atoms with Crippen molar-refractivity contribution in [2.45, 2.75) is 0 Å². The molecule has 0 unspecified atom stereocenters. The molecule has 0 heterocycles. The van der Waals surface area contributed by atoms with Crippen LogP contribution < -0.4 is 15.4 Å². The van der Waals surface area contributed by atoms with Gasteiger partial charge in [-0.15, -0.1) is 0 Å². The van der Waals surface area contributed by atoms with Gasteiger partial charge in [-0.2, -0.15) is 4.89 Å². The molecule has 0 fully saturated rings. The predicted molar refractivity (Wildman–Crippen MR) is 55.6 cm³/mol. The summed E-state index contributed by atoms with van der Waals surface area (Å²) in [5, 5.41) is 0. The largest absolute Gasteiger partial charge is 0.513 e. The Morgan fingerprint density at radius 1 is 1.18 bits per heavy atom. The Morgan fingerprint density at radius 2 is 1.88 bits per heavy atom. The Bertz CT molecular complexity index is 431. The van der Waals surface area contributed by atoms with Gasteiger partial charge in [0.1, 0.15) is 0 Å². The first-order chi connectivity index (χ1) is 8.08. The van der Waals surface area contributed by atoms with Crippen LogP contribution in [0.1, 0.15) is 10.4 Å². The van der Waals surface area contributed by atoms with E-state index in [1.165, 1.54) is 25.3 Å². The summed E-state index contributed by atoms with van der Waals surface area (Å²) >= 11 is 0. The minimum atomic E-state index is -0.919. The summed E-state index contributed by atoms with van der Waals surface area (Å²) < 4.78 is 9.08. The highest BCUT2D eigenvalue weighted by Gasteiger charge is 2.14. The molecule has 0 saturated carbocycles. The van der Waals surface area contributed by atoms with Crippen molar-refractivity contribution in [2.75, 3.05) is 14.2 Å². The van der Waals surface area contributed by atoms with Crippen molar-refractivity contribution in [3.05, 3.63) is 23.8 Å². The number of primary amides is 1. The molecule has 0 aromatic heterocycles. The van der Waals surface area contributed by atoms with E-state index in [-0.39, 0.29) is 17.1 Å². The highest BCUT2D eigenvalue weighted by Crippen LogP contribution is 2.28. The van der Waals surface area contributed by atoms with Crippen LogP contribution in [0.5, 0.6) is 11.5 Å². The molecule has 7 heteroatoms. The standard InChI is InChI=1S/C10H11NO6/c1-14-10(13)16-7-4-3-6(9(11)12)5-8(7)17-15-2/h3-5H,1-2H3,(H2,11,12). The summed E-state index contributed by atoms with van der Waals surface area (Å²) in [6.07, 6.45) is -0.919. The van der Waals surface area contributed by atoms with Crippen LogP contribution in [-0.2, 0) is 9.62 Å². The van der Waals surface area contributed by atoms with Crippen molar-refractivity contribution in [2.24, 2.45) is 5.73 Å². The van der Waals surface area contributed by atoms with Gasteiger partial charge >= 0.3 is 6.16 Å². The van der Waals surface area contributed by atoms with Crippen molar-refractivity contribution in [1.29, 1.82) is 0 Å². The first-order valence-corrected chi connectivity index (χ1v) is 4.48. The maximum Gasteiger partial charge on any atom is 0.513 e.